The Morgan fingerprint density at radius 2 is 2.40 bits per heavy atom. The number of aromatic nitrogens is 1. The molecule has 56 valence electrons. The summed E-state index contributed by atoms with van der Waals surface area (Å²) in [5.41, 5.74) is 0. The van der Waals surface area contributed by atoms with Crippen LogP contribution in [0.3, 0.4) is 0 Å². The summed E-state index contributed by atoms with van der Waals surface area (Å²) >= 11 is 3.13. The molecule has 0 aliphatic heterocycles. The molecule has 1 aromatic heterocycles. The maximum atomic E-state index is 5.16. The summed E-state index contributed by atoms with van der Waals surface area (Å²) in [6.07, 6.45) is 1.71. The van der Waals surface area contributed by atoms with Crippen LogP contribution in [0.25, 0.3) is 0 Å². The molecular weight excluding hydrogens is 196 g/mol. The van der Waals surface area contributed by atoms with Crippen LogP contribution in [0, 0.1) is 0 Å². The summed E-state index contributed by atoms with van der Waals surface area (Å²) < 4.78 is 5.16. The van der Waals surface area contributed by atoms with Crippen molar-refractivity contribution in [2.75, 3.05) is 14.1 Å². The van der Waals surface area contributed by atoms with Gasteiger partial charge in [-0.05, 0) is 14.1 Å². The van der Waals surface area contributed by atoms with Gasteiger partial charge in [0.15, 0.2) is 0 Å². The van der Waals surface area contributed by atoms with Gasteiger partial charge in [0.2, 0.25) is 0 Å². The highest BCUT2D eigenvalue weighted by atomic mass is 79.9. The molecule has 4 heteroatoms. The normalized spacial score (nSPS) is 10.8. The second-order valence-corrected chi connectivity index (χ2v) is 3.00. The molecule has 0 aromatic carbocycles. The fraction of sp³-hybridized carbons (Fsp3) is 0.500. The second-order valence-electron chi connectivity index (χ2n) is 2.32. The highest BCUT2D eigenvalue weighted by Gasteiger charge is 2.00. The maximum Gasteiger partial charge on any atom is 0.264 e. The van der Waals surface area contributed by atoms with E-state index in [1.54, 1.807) is 6.20 Å². The summed E-state index contributed by atoms with van der Waals surface area (Å²) in [4.78, 5) is 6.46. The zero-order valence-corrected chi connectivity index (χ0v) is 7.55. The van der Waals surface area contributed by atoms with Gasteiger partial charge in [-0.1, -0.05) is 0 Å². The van der Waals surface area contributed by atoms with Crippen LogP contribution < -0.4 is 0 Å². The second kappa shape index (κ2) is 3.16. The van der Waals surface area contributed by atoms with Crippen LogP contribution in [0.1, 0.15) is 5.76 Å². The summed E-state index contributed by atoms with van der Waals surface area (Å²) in [6, 6.07) is 0. The van der Waals surface area contributed by atoms with Crippen LogP contribution >= 0.6 is 15.9 Å². The molecule has 0 amide bonds. The Morgan fingerprint density at radius 3 is 2.80 bits per heavy atom. The summed E-state index contributed by atoms with van der Waals surface area (Å²) in [5, 5.41) is 0. The standard InChI is InChI=1S/C6H9BrN2O/c1-9(2)4-5-3-8-6(7)10-5/h3H,4H2,1-2H3. The molecule has 0 spiro atoms. The number of hydrogen-bond donors (Lipinski definition) is 0. The minimum atomic E-state index is 0.546. The van der Waals surface area contributed by atoms with E-state index in [2.05, 4.69) is 20.9 Å². The fourth-order valence-corrected chi connectivity index (χ4v) is 0.979. The zero-order valence-electron chi connectivity index (χ0n) is 5.97. The van der Waals surface area contributed by atoms with Gasteiger partial charge in [-0.2, -0.15) is 0 Å². The van der Waals surface area contributed by atoms with Gasteiger partial charge in [-0.15, -0.1) is 0 Å². The van der Waals surface area contributed by atoms with E-state index in [9.17, 15) is 0 Å². The van der Waals surface area contributed by atoms with Crippen molar-refractivity contribution in [3.63, 3.8) is 0 Å². The number of hydrogen-bond acceptors (Lipinski definition) is 3. The Labute approximate surface area is 68.2 Å². The van der Waals surface area contributed by atoms with E-state index < -0.39 is 0 Å². The van der Waals surface area contributed by atoms with Gasteiger partial charge >= 0.3 is 0 Å². The van der Waals surface area contributed by atoms with E-state index in [1.807, 2.05) is 19.0 Å². The van der Waals surface area contributed by atoms with Crippen LogP contribution in [-0.2, 0) is 6.54 Å². The van der Waals surface area contributed by atoms with Crippen molar-refractivity contribution in [1.29, 1.82) is 0 Å². The lowest BCUT2D eigenvalue weighted by Crippen LogP contribution is -2.09. The van der Waals surface area contributed by atoms with Gasteiger partial charge in [0.25, 0.3) is 4.80 Å². The first-order chi connectivity index (χ1) is 4.68. The van der Waals surface area contributed by atoms with Crippen molar-refractivity contribution in [3.05, 3.63) is 16.8 Å². The van der Waals surface area contributed by atoms with E-state index in [1.165, 1.54) is 0 Å². The molecular formula is C6H9BrN2O. The molecule has 0 saturated carbocycles. The van der Waals surface area contributed by atoms with Crippen molar-refractivity contribution in [3.8, 4) is 0 Å². The van der Waals surface area contributed by atoms with Crippen LogP contribution in [-0.4, -0.2) is 24.0 Å². The monoisotopic (exact) mass is 204 g/mol. The molecule has 3 nitrogen and oxygen atoms in total. The molecule has 1 heterocycles. The Bertz CT molecular complexity index is 209. The molecule has 1 rings (SSSR count). The Hall–Kier alpha value is -0.350. The molecule has 0 aliphatic carbocycles. The Morgan fingerprint density at radius 1 is 1.70 bits per heavy atom. The highest BCUT2D eigenvalue weighted by molar-refractivity contribution is 9.10. The fourth-order valence-electron chi connectivity index (χ4n) is 0.668. The topological polar surface area (TPSA) is 29.3 Å². The van der Waals surface area contributed by atoms with E-state index in [-0.39, 0.29) is 0 Å². The molecule has 0 fully saturated rings. The van der Waals surface area contributed by atoms with E-state index in [0.717, 1.165) is 12.3 Å². The number of rotatable bonds is 2. The van der Waals surface area contributed by atoms with Gasteiger partial charge in [-0.25, -0.2) is 4.98 Å². The average molecular weight is 205 g/mol. The molecule has 0 aliphatic rings. The molecule has 0 radical (unpaired) electrons. The predicted octanol–water partition coefficient (Wildman–Crippen LogP) is 1.50. The third-order valence-corrected chi connectivity index (χ3v) is 1.36. The van der Waals surface area contributed by atoms with Crippen molar-refractivity contribution < 1.29 is 4.42 Å². The summed E-state index contributed by atoms with van der Waals surface area (Å²) in [7, 11) is 3.97. The third kappa shape index (κ3) is 2.11. The van der Waals surface area contributed by atoms with Gasteiger partial charge in [0, 0.05) is 15.9 Å². The van der Waals surface area contributed by atoms with Crippen LogP contribution in [0.4, 0.5) is 0 Å². The Balaban J connectivity index is 2.58. The number of nitrogens with zero attached hydrogens (tertiary/aromatic N) is 2. The highest BCUT2D eigenvalue weighted by Crippen LogP contribution is 2.10. The quantitative estimate of drug-likeness (QED) is 0.732. The third-order valence-electron chi connectivity index (χ3n) is 0.997. The first-order valence-electron chi connectivity index (χ1n) is 2.93. The minimum Gasteiger partial charge on any atom is -0.435 e. The molecule has 10 heavy (non-hydrogen) atoms. The van der Waals surface area contributed by atoms with Gasteiger partial charge < -0.3 is 9.32 Å². The zero-order chi connectivity index (χ0) is 7.56. The average Bonchev–Trinajstić information content (AvgIpc) is 2.13. The molecule has 0 unspecified atom stereocenters. The smallest absolute Gasteiger partial charge is 0.264 e. The predicted molar refractivity (Wildman–Crippen MR) is 41.6 cm³/mol. The molecule has 0 bridgehead atoms. The SMILES string of the molecule is CN(C)Cc1cnc(Br)o1. The lowest BCUT2D eigenvalue weighted by molar-refractivity contribution is 0.345. The molecule has 0 atom stereocenters. The number of oxazole rings is 1. The maximum absolute atomic E-state index is 5.16. The van der Waals surface area contributed by atoms with Crippen molar-refractivity contribution in [2.24, 2.45) is 0 Å². The summed E-state index contributed by atoms with van der Waals surface area (Å²) in [6.45, 7) is 0.790. The van der Waals surface area contributed by atoms with Crippen molar-refractivity contribution >= 4 is 15.9 Å². The van der Waals surface area contributed by atoms with Gasteiger partial charge in [-0.3, -0.25) is 0 Å². The summed E-state index contributed by atoms with van der Waals surface area (Å²) in [5.74, 6) is 0.872. The first-order valence-corrected chi connectivity index (χ1v) is 3.72. The first kappa shape index (κ1) is 7.75. The lowest BCUT2D eigenvalue weighted by atomic mass is 10.5. The van der Waals surface area contributed by atoms with Crippen molar-refractivity contribution in [1.82, 2.24) is 9.88 Å². The molecule has 0 N–H and O–H groups in total. The van der Waals surface area contributed by atoms with Crippen LogP contribution in [0.5, 0.6) is 0 Å². The van der Waals surface area contributed by atoms with E-state index >= 15 is 0 Å². The van der Waals surface area contributed by atoms with Gasteiger partial charge in [0.05, 0.1) is 12.7 Å². The molecule has 1 aromatic rings. The van der Waals surface area contributed by atoms with E-state index in [0.29, 0.717) is 4.80 Å². The van der Waals surface area contributed by atoms with E-state index in [4.69, 9.17) is 4.42 Å². The van der Waals surface area contributed by atoms with Gasteiger partial charge in [0.1, 0.15) is 5.76 Å². The number of halogens is 1. The minimum absolute atomic E-state index is 0.546. The Kier molecular flexibility index (Phi) is 2.45. The van der Waals surface area contributed by atoms with Crippen LogP contribution in [0.2, 0.25) is 0 Å². The largest absolute Gasteiger partial charge is 0.435 e. The molecule has 0 saturated heterocycles. The van der Waals surface area contributed by atoms with Crippen molar-refractivity contribution in [2.45, 2.75) is 6.54 Å². The van der Waals surface area contributed by atoms with Crippen LogP contribution in [0.15, 0.2) is 15.4 Å². The lowest BCUT2D eigenvalue weighted by Gasteiger charge is -2.04.